The van der Waals surface area contributed by atoms with Crippen molar-refractivity contribution >= 4 is 64.8 Å². The molecule has 800 valence electrons. The van der Waals surface area contributed by atoms with E-state index in [0.717, 1.165) is 125 Å². The maximum atomic E-state index is 12.8. The summed E-state index contributed by atoms with van der Waals surface area (Å²) in [5, 5.41) is 25.4. The van der Waals surface area contributed by atoms with Gasteiger partial charge in [0.2, 0.25) is 53.2 Å². The number of methoxy groups -OCH3 is 1. The van der Waals surface area contributed by atoms with Crippen molar-refractivity contribution in [3.8, 4) is 5.75 Å². The van der Waals surface area contributed by atoms with Gasteiger partial charge in [-0.15, -0.1) is 0 Å². The fourth-order valence-electron chi connectivity index (χ4n) is 14.7. The third-order valence-electron chi connectivity index (χ3n) is 23.3. The van der Waals surface area contributed by atoms with Gasteiger partial charge in [0.1, 0.15) is 52.3 Å². The van der Waals surface area contributed by atoms with Crippen LogP contribution in [-0.4, -0.2) is 164 Å². The number of aliphatic hydroxyl groups is 1. The third-order valence-corrected chi connectivity index (χ3v) is 23.5. The van der Waals surface area contributed by atoms with E-state index in [1.807, 2.05) is 76.5 Å². The predicted octanol–water partition coefficient (Wildman–Crippen LogP) is 13.3. The minimum atomic E-state index is -0.664. The number of aliphatic hydroxyl groups excluding tert-OH is 1. The number of rotatable bonds is 38. The monoisotopic (exact) mass is 2080 g/mol. The molecule has 2 heterocycles. The number of nitrogens with two attached hydrogens (primary N) is 7. The molecule has 8 unspecified atom stereocenters. The van der Waals surface area contributed by atoms with Crippen LogP contribution in [0.1, 0.15) is 127 Å². The van der Waals surface area contributed by atoms with Crippen molar-refractivity contribution < 1.29 is 88.1 Å². The summed E-state index contributed by atoms with van der Waals surface area (Å²) in [6, 6.07) is 69.0. The average molecular weight is 2080 g/mol. The van der Waals surface area contributed by atoms with Gasteiger partial charge in [-0.25, -0.2) is 35.1 Å². The molecule has 9 amide bonds. The van der Waals surface area contributed by atoms with Crippen molar-refractivity contribution in [1.29, 1.82) is 0 Å². The van der Waals surface area contributed by atoms with Gasteiger partial charge in [0, 0.05) is 75.8 Å². The number of piperidine rings is 1. The van der Waals surface area contributed by atoms with Gasteiger partial charge in [0.25, 0.3) is 0 Å². The summed E-state index contributed by atoms with van der Waals surface area (Å²) in [5.74, 6) is -3.20. The van der Waals surface area contributed by atoms with Gasteiger partial charge >= 0.3 is 0 Å². The highest BCUT2D eigenvalue weighted by atomic mass is 35.5. The molecule has 0 aromatic heterocycles. The Kier molecular flexibility index (Phi) is 56.8. The number of primary amides is 1. The van der Waals surface area contributed by atoms with Gasteiger partial charge in [-0.2, -0.15) is 0 Å². The van der Waals surface area contributed by atoms with E-state index in [4.69, 9.17) is 61.6 Å². The molecule has 149 heavy (non-hydrogen) atoms. The van der Waals surface area contributed by atoms with Crippen molar-refractivity contribution in [3.05, 3.63) is 386 Å². The molecule has 2 aliphatic heterocycles. The number of amides is 9. The second-order valence-electron chi connectivity index (χ2n) is 36.3. The summed E-state index contributed by atoms with van der Waals surface area (Å²) < 4.78 is 107. The zero-order valence-corrected chi connectivity index (χ0v) is 85.5. The van der Waals surface area contributed by atoms with Gasteiger partial charge in [-0.05, 0) is 278 Å². The second kappa shape index (κ2) is 68.4. The van der Waals surface area contributed by atoms with Crippen molar-refractivity contribution in [2.24, 2.45) is 57.9 Å². The maximum Gasteiger partial charge on any atom is 0.239 e. The zero-order chi connectivity index (χ0) is 109. The average Bonchev–Trinajstić information content (AvgIpc) is 1.84. The normalized spacial score (nSPS) is 13.3. The minimum Gasteiger partial charge on any atom is -0.497 e. The number of benzene rings is 11. The van der Waals surface area contributed by atoms with Gasteiger partial charge in [0.05, 0.1) is 56.5 Å². The first-order valence-corrected chi connectivity index (χ1v) is 49.6. The Bertz CT molecular complexity index is 5780. The van der Waals surface area contributed by atoms with E-state index in [9.17, 15) is 78.3 Å². The quantitative estimate of drug-likeness (QED) is 0.0160. The molecule has 0 spiro atoms. The fraction of sp³-hybridized carbons (Fsp3) is 0.342. The zero-order valence-electron chi connectivity index (χ0n) is 84.7. The van der Waals surface area contributed by atoms with Gasteiger partial charge in [0.15, 0.2) is 0 Å². The summed E-state index contributed by atoms with van der Waals surface area (Å²) in [5.41, 5.74) is 50.0. The van der Waals surface area contributed by atoms with Crippen LogP contribution < -0.4 is 76.8 Å². The highest BCUT2D eigenvalue weighted by Gasteiger charge is 2.27. The molecule has 8 atom stereocenters. The Morgan fingerprint density at radius 3 is 0.826 bits per heavy atom. The first-order chi connectivity index (χ1) is 71.2. The maximum absolute atomic E-state index is 12.8. The standard InChI is InChI=1S/C17H19FN2O2.C16H16ClFN2O.C16H17FN2O.C14H19FN2O.C14H21FN2O.C13H17FN2O.C12H15FN2O2.C12H16FNO2/c1-22-15-8-4-13(5-9-15)11-20-17(21)16(19)10-12-2-6-14(18)7-3-12;17-13-5-1-12(2-6-13)10-20-16(21)15(19)9-11-3-7-14(18)8-4-11;17-14-8-6-12(7-9-14)10-15(18)16(20)19-11-13-4-2-1-3-5-13;15-12-6-4-11(5-7-12)10-13(16)14(18)17-8-2-1-3-9-17;1-10(2)7-8-17-14(18)13(16)9-11-3-5-12(15)6-4-11;14-11-5-3-10(4-6-11)9-12(15)13(17)16-7-1-2-8-16;1-8(12(17)15-7-11(14)16)6-9-2-4-10(13)5-3-9;1-9(12(16)14-6-7-15)8-10-2-4-11(13)5-3-10/h2-9,16H,10-11,19H2,1H3,(H,20,21);1-8,15H,9-10,19H2,(H,20,21);1-9,15H,10-11,18H2,(H,19,20);4-7,13H,1-3,8-10,16H2;3-6,10,13H,7-9,16H2,1-2H3,(H,17,18);3-6,12H,1-2,7-9,15H2;2-5,8H,6-7H2,1H3,(H2,14,16)(H,15,17);2-5,9,15H,6-8H2,1H3,(H,14,16). The van der Waals surface area contributed by atoms with Crippen molar-refractivity contribution in [2.75, 3.05) is 59.5 Å². The van der Waals surface area contributed by atoms with Crippen molar-refractivity contribution in [3.63, 3.8) is 0 Å². The summed E-state index contributed by atoms with van der Waals surface area (Å²) in [6.07, 6.45) is 9.93. The van der Waals surface area contributed by atoms with Crippen molar-refractivity contribution in [2.45, 2.75) is 173 Å². The second-order valence-corrected chi connectivity index (χ2v) is 36.7. The number of carbonyl (C=O) groups excluding carboxylic acids is 9. The van der Waals surface area contributed by atoms with Gasteiger partial charge < -0.3 is 91.7 Å². The van der Waals surface area contributed by atoms with E-state index in [0.29, 0.717) is 88.5 Å². The Hall–Kier alpha value is -14.1. The Balaban J connectivity index is 0.000000260. The minimum absolute atomic E-state index is 0.00632. The molecule has 0 aliphatic carbocycles. The molecule has 35 heteroatoms. The molecule has 11 aromatic rings. The summed E-state index contributed by atoms with van der Waals surface area (Å²) in [6.45, 7) is 13.0. The fourth-order valence-corrected chi connectivity index (χ4v) is 14.8. The van der Waals surface area contributed by atoms with E-state index in [1.165, 1.54) is 103 Å². The Morgan fingerprint density at radius 1 is 0.309 bits per heavy atom. The lowest BCUT2D eigenvalue weighted by atomic mass is 10.0. The van der Waals surface area contributed by atoms with E-state index < -0.39 is 42.2 Å². The molecule has 11 aromatic carbocycles. The number of likely N-dealkylation sites (tertiary alicyclic amines) is 2. The van der Waals surface area contributed by atoms with E-state index in [2.05, 4.69) is 45.7 Å². The molecule has 2 saturated heterocycles. The molecule has 0 bridgehead atoms. The molecule has 13 rings (SSSR count). The highest BCUT2D eigenvalue weighted by Crippen LogP contribution is 2.20. The molecule has 2 fully saturated rings. The predicted molar refractivity (Wildman–Crippen MR) is 564 cm³/mol. The molecule has 2 aliphatic rings. The van der Waals surface area contributed by atoms with Crippen LogP contribution in [0.5, 0.6) is 5.75 Å². The number of hydrogen-bond acceptors (Lipinski definition) is 17. The molecule has 26 nitrogen and oxygen atoms in total. The lowest BCUT2D eigenvalue weighted by Gasteiger charge is -2.29. The number of hydrogen-bond donors (Lipinski definition) is 14. The topological polar surface area (TPSA) is 444 Å². The van der Waals surface area contributed by atoms with Crippen LogP contribution in [0.15, 0.2) is 273 Å². The van der Waals surface area contributed by atoms with Crippen LogP contribution in [0.4, 0.5) is 35.1 Å². The van der Waals surface area contributed by atoms with Crippen LogP contribution in [0, 0.1) is 64.3 Å². The number of nitrogens with zero attached hydrogens (tertiary/aromatic N) is 2. The largest absolute Gasteiger partial charge is 0.497 e. The van der Waals surface area contributed by atoms with E-state index in [-0.39, 0.29) is 125 Å². The van der Waals surface area contributed by atoms with Crippen molar-refractivity contribution in [1.82, 2.24) is 41.7 Å². The third kappa shape index (κ3) is 51.4. The van der Waals surface area contributed by atoms with E-state index in [1.54, 1.807) is 130 Å². The van der Waals surface area contributed by atoms with Crippen LogP contribution in [0.3, 0.4) is 0 Å². The van der Waals surface area contributed by atoms with Crippen LogP contribution in [-0.2, 0) is 114 Å². The Labute approximate surface area is 872 Å². The summed E-state index contributed by atoms with van der Waals surface area (Å²) in [4.78, 5) is 109. The summed E-state index contributed by atoms with van der Waals surface area (Å²) >= 11 is 5.79. The summed E-state index contributed by atoms with van der Waals surface area (Å²) in [7, 11) is 1.60. The molecular formula is C114H140ClF8N15O11. The molecule has 21 N–H and O–H groups in total. The first-order valence-electron chi connectivity index (χ1n) is 49.2. The van der Waals surface area contributed by atoms with E-state index >= 15 is 0 Å². The smallest absolute Gasteiger partial charge is 0.239 e. The highest BCUT2D eigenvalue weighted by molar-refractivity contribution is 6.30. The Morgan fingerprint density at radius 2 is 0.550 bits per heavy atom. The lowest BCUT2D eigenvalue weighted by molar-refractivity contribution is -0.133. The first kappa shape index (κ1) is 124. The lowest BCUT2D eigenvalue weighted by Crippen LogP contribution is -2.46. The molecule has 0 saturated carbocycles. The SMILES string of the molecule is CC(C)CCNC(=O)C(N)Cc1ccc(F)cc1.CC(Cc1ccc(F)cc1)C(=O)NCC(N)=O.CC(Cc1ccc(F)cc1)C(=O)NCCO.COc1ccc(CNC(=O)C(N)Cc2ccc(F)cc2)cc1.NC(Cc1ccc(F)cc1)C(=O)N1CCCC1.NC(Cc1ccc(F)cc1)C(=O)N1CCCCC1.NC(Cc1ccc(F)cc1)C(=O)NCc1ccc(Cl)cc1.NC(Cc1ccc(F)cc1)C(=O)NCc1ccccc1. The molecular weight excluding hydrogens is 1940 g/mol. The van der Waals surface area contributed by atoms with Crippen LogP contribution in [0.25, 0.3) is 0 Å². The number of carbonyl (C=O) groups is 9. The van der Waals surface area contributed by atoms with Gasteiger partial charge in [-0.1, -0.05) is 191 Å². The number of halogens is 9. The number of ether oxygens (including phenoxy) is 1. The van der Waals surface area contributed by atoms with Gasteiger partial charge in [-0.3, -0.25) is 43.2 Å². The van der Waals surface area contributed by atoms with Crippen LogP contribution >= 0.6 is 11.6 Å². The molecule has 0 radical (unpaired) electrons. The number of nitrogens with one attached hydrogen (secondary N) is 6. The van der Waals surface area contributed by atoms with Crippen LogP contribution in [0.2, 0.25) is 5.02 Å².